The van der Waals surface area contributed by atoms with Gasteiger partial charge in [-0.1, -0.05) is 66.2 Å². The van der Waals surface area contributed by atoms with Crippen LogP contribution in [-0.2, 0) is 0 Å². The van der Waals surface area contributed by atoms with Crippen molar-refractivity contribution in [3.8, 4) is 22.3 Å². The molecule has 3 heteroatoms. The molecular formula is C16H11ClN2. The minimum Gasteiger partial charge on any atom is -0.157 e. The average Bonchev–Trinajstić information content (AvgIpc) is 2.48. The molecule has 0 N–H and O–H groups in total. The Labute approximate surface area is 116 Å². The van der Waals surface area contributed by atoms with Crippen molar-refractivity contribution in [2.24, 2.45) is 0 Å². The Morgan fingerprint density at radius 2 is 1.37 bits per heavy atom. The van der Waals surface area contributed by atoms with E-state index in [9.17, 15) is 0 Å². The standard InChI is InChI=1S/C16H11ClN2/c17-16-10-13(11-18-19-16)15-9-5-4-8-14(15)12-6-2-1-3-7-12/h1-11H. The molecule has 0 aliphatic heterocycles. The first-order valence-corrected chi connectivity index (χ1v) is 6.35. The number of hydrogen-bond donors (Lipinski definition) is 0. The fourth-order valence-corrected chi connectivity index (χ4v) is 2.25. The second-order valence-corrected chi connectivity index (χ2v) is 4.57. The van der Waals surface area contributed by atoms with Crippen LogP contribution in [-0.4, -0.2) is 10.2 Å². The van der Waals surface area contributed by atoms with Crippen LogP contribution in [0.15, 0.2) is 66.9 Å². The zero-order chi connectivity index (χ0) is 13.1. The van der Waals surface area contributed by atoms with E-state index in [1.807, 2.05) is 36.4 Å². The second kappa shape index (κ2) is 5.21. The topological polar surface area (TPSA) is 25.8 Å². The van der Waals surface area contributed by atoms with Gasteiger partial charge < -0.3 is 0 Å². The largest absolute Gasteiger partial charge is 0.157 e. The monoisotopic (exact) mass is 266 g/mol. The molecule has 92 valence electrons. The number of hydrogen-bond acceptors (Lipinski definition) is 2. The van der Waals surface area contributed by atoms with Crippen LogP contribution in [0.3, 0.4) is 0 Å². The van der Waals surface area contributed by atoms with Gasteiger partial charge in [0.25, 0.3) is 0 Å². The highest BCUT2D eigenvalue weighted by atomic mass is 35.5. The lowest BCUT2D eigenvalue weighted by Gasteiger charge is -2.09. The van der Waals surface area contributed by atoms with Crippen molar-refractivity contribution >= 4 is 11.6 Å². The third kappa shape index (κ3) is 2.49. The summed E-state index contributed by atoms with van der Waals surface area (Å²) in [5.74, 6) is 0. The maximum Gasteiger partial charge on any atom is 0.152 e. The molecule has 1 aromatic heterocycles. The van der Waals surface area contributed by atoms with Crippen LogP contribution in [0.2, 0.25) is 5.15 Å². The molecule has 19 heavy (non-hydrogen) atoms. The molecule has 1 heterocycles. The zero-order valence-corrected chi connectivity index (χ0v) is 10.9. The van der Waals surface area contributed by atoms with Crippen molar-refractivity contribution in [2.45, 2.75) is 0 Å². The van der Waals surface area contributed by atoms with Gasteiger partial charge in [-0.3, -0.25) is 0 Å². The molecule has 2 aromatic carbocycles. The van der Waals surface area contributed by atoms with Crippen molar-refractivity contribution in [3.63, 3.8) is 0 Å². The van der Waals surface area contributed by atoms with E-state index in [-0.39, 0.29) is 0 Å². The lowest BCUT2D eigenvalue weighted by atomic mass is 9.96. The Morgan fingerprint density at radius 1 is 0.737 bits per heavy atom. The zero-order valence-electron chi connectivity index (χ0n) is 10.1. The summed E-state index contributed by atoms with van der Waals surface area (Å²) in [5, 5.41) is 8.10. The Hall–Kier alpha value is -2.19. The van der Waals surface area contributed by atoms with Crippen LogP contribution in [0.1, 0.15) is 0 Å². The van der Waals surface area contributed by atoms with Crippen LogP contribution < -0.4 is 0 Å². The number of benzene rings is 2. The molecule has 3 aromatic rings. The Kier molecular flexibility index (Phi) is 3.25. The van der Waals surface area contributed by atoms with Crippen molar-refractivity contribution < 1.29 is 0 Å². The molecular weight excluding hydrogens is 256 g/mol. The fourth-order valence-electron chi connectivity index (χ4n) is 2.09. The summed E-state index contributed by atoms with van der Waals surface area (Å²) in [6.07, 6.45) is 1.73. The summed E-state index contributed by atoms with van der Waals surface area (Å²) in [6, 6.07) is 20.3. The molecule has 0 aliphatic rings. The molecule has 0 spiro atoms. The first-order valence-electron chi connectivity index (χ1n) is 5.97. The third-order valence-corrected chi connectivity index (χ3v) is 3.13. The van der Waals surface area contributed by atoms with Gasteiger partial charge in [0.2, 0.25) is 0 Å². The molecule has 0 unspecified atom stereocenters. The number of aromatic nitrogens is 2. The summed E-state index contributed by atoms with van der Waals surface area (Å²) < 4.78 is 0. The molecule has 0 aliphatic carbocycles. The van der Waals surface area contributed by atoms with E-state index in [4.69, 9.17) is 11.6 Å². The highest BCUT2D eigenvalue weighted by Gasteiger charge is 2.07. The Bertz CT molecular complexity index is 696. The summed E-state index contributed by atoms with van der Waals surface area (Å²) in [5.41, 5.74) is 4.41. The first-order chi connectivity index (χ1) is 9.34. The van der Waals surface area contributed by atoms with E-state index >= 15 is 0 Å². The van der Waals surface area contributed by atoms with Crippen LogP contribution in [0.4, 0.5) is 0 Å². The van der Waals surface area contributed by atoms with Gasteiger partial charge in [0, 0.05) is 5.56 Å². The summed E-state index contributed by atoms with van der Waals surface area (Å²) in [4.78, 5) is 0. The molecule has 0 amide bonds. The van der Waals surface area contributed by atoms with E-state index in [0.29, 0.717) is 5.15 Å². The summed E-state index contributed by atoms with van der Waals surface area (Å²) >= 11 is 5.92. The number of rotatable bonds is 2. The molecule has 0 radical (unpaired) electrons. The van der Waals surface area contributed by atoms with Crippen molar-refractivity contribution in [1.29, 1.82) is 0 Å². The van der Waals surface area contributed by atoms with Crippen molar-refractivity contribution in [3.05, 3.63) is 72.0 Å². The predicted molar refractivity (Wildman–Crippen MR) is 77.9 cm³/mol. The minimum atomic E-state index is 0.403. The second-order valence-electron chi connectivity index (χ2n) is 4.18. The number of halogens is 1. The van der Waals surface area contributed by atoms with Crippen LogP contribution in [0.5, 0.6) is 0 Å². The molecule has 0 fully saturated rings. The predicted octanol–water partition coefficient (Wildman–Crippen LogP) is 4.46. The normalized spacial score (nSPS) is 10.4. The maximum atomic E-state index is 5.92. The Balaban J connectivity index is 2.18. The van der Waals surface area contributed by atoms with Crippen LogP contribution in [0, 0.1) is 0 Å². The van der Waals surface area contributed by atoms with Gasteiger partial charge in [0.1, 0.15) is 0 Å². The minimum absolute atomic E-state index is 0.403. The fraction of sp³-hybridized carbons (Fsp3) is 0. The first kappa shape index (κ1) is 11.9. The molecule has 0 saturated heterocycles. The highest BCUT2D eigenvalue weighted by molar-refractivity contribution is 6.29. The Morgan fingerprint density at radius 3 is 2.05 bits per heavy atom. The van der Waals surface area contributed by atoms with Gasteiger partial charge in [-0.05, 0) is 22.8 Å². The SMILES string of the molecule is Clc1cc(-c2ccccc2-c2ccccc2)cnn1. The van der Waals surface area contributed by atoms with Gasteiger partial charge in [-0.15, -0.1) is 5.10 Å². The van der Waals surface area contributed by atoms with Crippen molar-refractivity contribution in [2.75, 3.05) is 0 Å². The van der Waals surface area contributed by atoms with Crippen LogP contribution in [0.25, 0.3) is 22.3 Å². The van der Waals surface area contributed by atoms with E-state index in [0.717, 1.165) is 16.7 Å². The van der Waals surface area contributed by atoms with Crippen molar-refractivity contribution in [1.82, 2.24) is 10.2 Å². The molecule has 0 atom stereocenters. The van der Waals surface area contributed by atoms with Gasteiger partial charge in [0.05, 0.1) is 6.20 Å². The number of nitrogens with zero attached hydrogens (tertiary/aromatic N) is 2. The molecule has 3 rings (SSSR count). The summed E-state index contributed by atoms with van der Waals surface area (Å²) in [7, 11) is 0. The summed E-state index contributed by atoms with van der Waals surface area (Å²) in [6.45, 7) is 0. The highest BCUT2D eigenvalue weighted by Crippen LogP contribution is 2.31. The lowest BCUT2D eigenvalue weighted by Crippen LogP contribution is -1.88. The van der Waals surface area contributed by atoms with E-state index in [1.54, 1.807) is 6.20 Å². The van der Waals surface area contributed by atoms with Gasteiger partial charge in [-0.2, -0.15) is 5.10 Å². The maximum absolute atomic E-state index is 5.92. The molecule has 2 nitrogen and oxygen atoms in total. The third-order valence-electron chi connectivity index (χ3n) is 2.95. The average molecular weight is 267 g/mol. The molecule has 0 bridgehead atoms. The molecule has 0 saturated carbocycles. The van der Waals surface area contributed by atoms with E-state index in [1.165, 1.54) is 5.56 Å². The van der Waals surface area contributed by atoms with Gasteiger partial charge in [0.15, 0.2) is 5.15 Å². The lowest BCUT2D eigenvalue weighted by molar-refractivity contribution is 1.03. The van der Waals surface area contributed by atoms with E-state index in [2.05, 4.69) is 34.5 Å². The van der Waals surface area contributed by atoms with Crippen LogP contribution >= 0.6 is 11.6 Å². The van der Waals surface area contributed by atoms with Gasteiger partial charge >= 0.3 is 0 Å². The smallest absolute Gasteiger partial charge is 0.152 e. The quantitative estimate of drug-likeness (QED) is 0.684. The van der Waals surface area contributed by atoms with E-state index < -0.39 is 0 Å². The van der Waals surface area contributed by atoms with Gasteiger partial charge in [-0.25, -0.2) is 0 Å².